The van der Waals surface area contributed by atoms with E-state index < -0.39 is 64.5 Å². The second-order valence-corrected chi connectivity index (χ2v) is 10.1. The van der Waals surface area contributed by atoms with Crippen molar-refractivity contribution in [2.45, 2.75) is 43.5 Å². The topological polar surface area (TPSA) is 257 Å². The number of rotatable bonds is 17. The van der Waals surface area contributed by atoms with E-state index in [0.717, 1.165) is 4.90 Å². The third-order valence-corrected chi connectivity index (χ3v) is 6.45. The van der Waals surface area contributed by atoms with Crippen molar-refractivity contribution < 1.29 is 37.5 Å². The molecular formula is C22H33N7O8S. The van der Waals surface area contributed by atoms with Crippen LogP contribution in [0.4, 0.5) is 0 Å². The minimum Gasteiger partial charge on any atom is -0.481 e. The summed E-state index contributed by atoms with van der Waals surface area (Å²) in [6.45, 7) is -0.265. The van der Waals surface area contributed by atoms with Crippen LogP contribution in [0.5, 0.6) is 0 Å². The number of nitrogens with zero attached hydrogens (tertiary/aromatic N) is 2. The summed E-state index contributed by atoms with van der Waals surface area (Å²) in [6.07, 6.45) is 0.276. The van der Waals surface area contributed by atoms with Gasteiger partial charge in [-0.15, -0.1) is 0 Å². The van der Waals surface area contributed by atoms with E-state index in [1.165, 1.54) is 31.3 Å². The van der Waals surface area contributed by atoms with Crippen molar-refractivity contribution >= 4 is 46.0 Å². The molecule has 2 atom stereocenters. The zero-order valence-electron chi connectivity index (χ0n) is 20.8. The van der Waals surface area contributed by atoms with Gasteiger partial charge in [0.25, 0.3) is 0 Å². The molecule has 0 aliphatic carbocycles. The summed E-state index contributed by atoms with van der Waals surface area (Å²) in [5.74, 6) is -4.13. The van der Waals surface area contributed by atoms with E-state index in [1.807, 2.05) is 0 Å². The molecule has 1 aromatic rings. The summed E-state index contributed by atoms with van der Waals surface area (Å²) in [4.78, 5) is 63.5. The number of amides is 3. The maximum Gasteiger partial charge on any atom is 0.303 e. The number of aliphatic carboxylic acids is 1. The third-order valence-electron chi connectivity index (χ3n) is 5.10. The molecule has 0 bridgehead atoms. The van der Waals surface area contributed by atoms with Crippen LogP contribution >= 0.6 is 0 Å². The number of sulfonamides is 1. The molecule has 3 amide bonds. The van der Waals surface area contributed by atoms with Crippen LogP contribution in [0, 0.1) is 0 Å². The first-order valence-electron chi connectivity index (χ1n) is 11.4. The smallest absolute Gasteiger partial charge is 0.303 e. The van der Waals surface area contributed by atoms with Gasteiger partial charge >= 0.3 is 5.97 Å². The number of benzene rings is 1. The Morgan fingerprint density at radius 3 is 2.26 bits per heavy atom. The van der Waals surface area contributed by atoms with E-state index in [1.54, 1.807) is 0 Å². The highest BCUT2D eigenvalue weighted by molar-refractivity contribution is 7.88. The summed E-state index contributed by atoms with van der Waals surface area (Å²) in [7, 11) is -2.91. The molecule has 16 heteroatoms. The Morgan fingerprint density at radius 1 is 1.11 bits per heavy atom. The number of carbonyl (C=O) groups excluding carboxylic acids is 4. The molecule has 0 radical (unpaired) electrons. The van der Waals surface area contributed by atoms with Gasteiger partial charge in [-0.3, -0.25) is 24.2 Å². The van der Waals surface area contributed by atoms with Gasteiger partial charge in [0, 0.05) is 25.6 Å². The lowest BCUT2D eigenvalue weighted by molar-refractivity contribution is -0.139. The molecule has 1 unspecified atom stereocenters. The lowest BCUT2D eigenvalue weighted by Gasteiger charge is -2.24. The third kappa shape index (κ3) is 12.3. The maximum atomic E-state index is 12.9. The molecule has 0 aromatic heterocycles. The van der Waals surface area contributed by atoms with Gasteiger partial charge in [-0.1, -0.05) is 12.1 Å². The Labute approximate surface area is 219 Å². The normalized spacial score (nSPS) is 12.6. The zero-order chi connectivity index (χ0) is 28.9. The molecule has 0 saturated carbocycles. The van der Waals surface area contributed by atoms with Gasteiger partial charge in [-0.05, 0) is 37.0 Å². The lowest BCUT2D eigenvalue weighted by atomic mass is 10.1. The average molecular weight is 556 g/mol. The zero-order valence-corrected chi connectivity index (χ0v) is 21.6. The van der Waals surface area contributed by atoms with Gasteiger partial charge in [0.05, 0.1) is 18.3 Å². The molecule has 9 N–H and O–H groups in total. The van der Waals surface area contributed by atoms with Crippen molar-refractivity contribution in [2.75, 3.05) is 20.1 Å². The minimum absolute atomic E-state index is 0.106. The fourth-order valence-corrected chi connectivity index (χ4v) is 4.62. The number of primary amides is 1. The molecule has 0 spiro atoms. The number of aliphatic imine (C=N–C) groups is 1. The van der Waals surface area contributed by atoms with Crippen molar-refractivity contribution in [2.24, 2.45) is 22.2 Å². The summed E-state index contributed by atoms with van der Waals surface area (Å²) < 4.78 is 27.6. The maximum absolute atomic E-state index is 12.9. The van der Waals surface area contributed by atoms with Crippen molar-refractivity contribution in [3.8, 4) is 0 Å². The van der Waals surface area contributed by atoms with Crippen LogP contribution in [0.3, 0.4) is 0 Å². The van der Waals surface area contributed by atoms with E-state index in [2.05, 4.69) is 15.0 Å². The average Bonchev–Trinajstić information content (AvgIpc) is 2.82. The highest BCUT2D eigenvalue weighted by atomic mass is 32.2. The number of aldehydes is 1. The van der Waals surface area contributed by atoms with Crippen molar-refractivity contribution in [1.82, 2.24) is 14.9 Å². The molecule has 0 heterocycles. The monoisotopic (exact) mass is 555 g/mol. The van der Waals surface area contributed by atoms with E-state index in [9.17, 15) is 32.4 Å². The van der Waals surface area contributed by atoms with E-state index in [-0.39, 0.29) is 30.9 Å². The number of nitrogens with two attached hydrogens (primary N) is 3. The second kappa shape index (κ2) is 15.3. The first kappa shape index (κ1) is 32.0. The van der Waals surface area contributed by atoms with Gasteiger partial charge < -0.3 is 37.3 Å². The molecule has 0 saturated heterocycles. The number of carboxylic acids is 1. The summed E-state index contributed by atoms with van der Waals surface area (Å²) in [5, 5.41) is 11.5. The number of guanidine groups is 1. The standard InChI is InChI=1S/C22H33N7O8S/c1-29(11-18(31)27-16(12-30)3-2-10-26-22(24)25)21(35)17(8-9-19(32)33)28-38(36,37)13-14-4-6-15(7-5-14)20(23)34/h4-7,12,16-17,28H,2-3,8-11,13H2,1H3,(H2,23,34)(H,27,31)(H,32,33)(H4,24,25,26)/t16-,17?/m0/s1. The molecule has 0 aliphatic heterocycles. The predicted octanol–water partition coefficient (Wildman–Crippen LogP) is -2.37. The summed E-state index contributed by atoms with van der Waals surface area (Å²) >= 11 is 0. The van der Waals surface area contributed by atoms with Crippen LogP contribution in [0.15, 0.2) is 29.3 Å². The highest BCUT2D eigenvalue weighted by Gasteiger charge is 2.29. The molecular weight excluding hydrogens is 522 g/mol. The van der Waals surface area contributed by atoms with Crippen LogP contribution in [0.1, 0.15) is 41.6 Å². The molecule has 0 aliphatic rings. The largest absolute Gasteiger partial charge is 0.481 e. The van der Waals surface area contributed by atoms with Crippen LogP contribution in [0.2, 0.25) is 0 Å². The summed E-state index contributed by atoms with van der Waals surface area (Å²) in [6, 6.07) is 3.12. The lowest BCUT2D eigenvalue weighted by Crippen LogP contribution is -2.51. The Balaban J connectivity index is 2.84. The quantitative estimate of drug-likeness (QED) is 0.0515. The molecule has 1 rings (SSSR count). The number of carbonyl (C=O) groups is 5. The van der Waals surface area contributed by atoms with Crippen molar-refractivity contribution in [3.63, 3.8) is 0 Å². The fourth-order valence-electron chi connectivity index (χ4n) is 3.25. The molecule has 1 aromatic carbocycles. The summed E-state index contributed by atoms with van der Waals surface area (Å²) in [5.41, 5.74) is 16.1. The first-order valence-corrected chi connectivity index (χ1v) is 13.0. The van der Waals surface area contributed by atoms with Gasteiger partial charge in [-0.2, -0.15) is 0 Å². The number of hydrogen-bond acceptors (Lipinski definition) is 8. The van der Waals surface area contributed by atoms with Crippen LogP contribution < -0.4 is 27.2 Å². The Bertz CT molecular complexity index is 1130. The molecule has 38 heavy (non-hydrogen) atoms. The molecule has 0 fully saturated rings. The first-order chi connectivity index (χ1) is 17.7. The SMILES string of the molecule is CN(CC(=O)N[C@H](C=O)CCCN=C(N)N)C(=O)C(CCC(=O)O)NS(=O)(=O)Cc1ccc(C(N)=O)cc1. The van der Waals surface area contributed by atoms with Crippen molar-refractivity contribution in [1.29, 1.82) is 0 Å². The number of nitrogens with one attached hydrogen (secondary N) is 2. The van der Waals surface area contributed by atoms with Crippen LogP contribution in [-0.4, -0.2) is 86.6 Å². The van der Waals surface area contributed by atoms with Crippen molar-refractivity contribution in [3.05, 3.63) is 35.4 Å². The van der Waals surface area contributed by atoms with Crippen LogP contribution in [0.25, 0.3) is 0 Å². The van der Waals surface area contributed by atoms with E-state index in [0.29, 0.717) is 18.3 Å². The van der Waals surface area contributed by atoms with E-state index in [4.69, 9.17) is 22.3 Å². The minimum atomic E-state index is -4.15. The van der Waals surface area contributed by atoms with Gasteiger partial charge in [0.2, 0.25) is 27.7 Å². The second-order valence-electron chi connectivity index (χ2n) is 8.38. The van der Waals surface area contributed by atoms with Gasteiger partial charge in [-0.25, -0.2) is 13.1 Å². The Hall–Kier alpha value is -4.05. The fraction of sp³-hybridized carbons (Fsp3) is 0.455. The molecule has 15 nitrogen and oxygen atoms in total. The number of likely N-dealkylation sites (N-methyl/N-ethyl adjacent to an activating group) is 1. The number of hydrogen-bond donors (Lipinski definition) is 6. The van der Waals surface area contributed by atoms with Gasteiger partial charge in [0.1, 0.15) is 12.3 Å². The Morgan fingerprint density at radius 2 is 1.74 bits per heavy atom. The molecule has 210 valence electrons. The van der Waals surface area contributed by atoms with E-state index >= 15 is 0 Å². The Kier molecular flexibility index (Phi) is 12.8. The van der Waals surface area contributed by atoms with Crippen LogP contribution in [-0.2, 0) is 35.0 Å². The number of carboxylic acid groups (broad SMARTS) is 1. The van der Waals surface area contributed by atoms with Gasteiger partial charge in [0.15, 0.2) is 5.96 Å². The highest BCUT2D eigenvalue weighted by Crippen LogP contribution is 2.11. The predicted molar refractivity (Wildman–Crippen MR) is 137 cm³/mol.